The van der Waals surface area contributed by atoms with Gasteiger partial charge in [-0.05, 0) is 112 Å². The third-order valence-electron chi connectivity index (χ3n) is 16.3. The summed E-state index contributed by atoms with van der Waals surface area (Å²) in [4.78, 5) is 78.8. The van der Waals surface area contributed by atoms with Gasteiger partial charge in [0.2, 0.25) is 11.8 Å². The molecular formula is C55H63F2N11O5. The van der Waals surface area contributed by atoms with Gasteiger partial charge in [-0.2, -0.15) is 0 Å². The average Bonchev–Trinajstić information content (AvgIpc) is 4.10. The van der Waals surface area contributed by atoms with Crippen LogP contribution in [0.2, 0.25) is 0 Å². The normalized spacial score (nSPS) is 21.2. The second kappa shape index (κ2) is 19.6. The zero-order valence-corrected chi connectivity index (χ0v) is 42.0. The fraction of sp³-hybridized carbons (Fsp3) is 0.455. The van der Waals surface area contributed by atoms with E-state index < -0.39 is 23.6 Å². The van der Waals surface area contributed by atoms with Crippen molar-refractivity contribution in [3.63, 3.8) is 0 Å². The van der Waals surface area contributed by atoms with Crippen molar-refractivity contribution < 1.29 is 23.2 Å². The SMILES string of the molecule is CNc1ccn(-c2ccnc3c2cc([C@H](C)N2CC=C(c4c(F)cc(C(=O)N5CCC(CN6CCN(Cc7ccc8c(c7)n(C7CC7)c(=O)n8[C@@H]7CCC(=O)NC7=O)C[C@@H]6C)CC5)cc4F)CC2)n3C)c(=O)c1. The number of imide groups is 1. The maximum absolute atomic E-state index is 15.9. The van der Waals surface area contributed by atoms with Crippen molar-refractivity contribution in [1.82, 2.24) is 48.2 Å². The molecule has 0 spiro atoms. The van der Waals surface area contributed by atoms with Crippen LogP contribution in [0.5, 0.6) is 0 Å². The van der Waals surface area contributed by atoms with Crippen molar-refractivity contribution in [3.8, 4) is 5.69 Å². The first-order chi connectivity index (χ1) is 35.2. The number of benzene rings is 2. The molecule has 16 nitrogen and oxygen atoms in total. The van der Waals surface area contributed by atoms with Crippen LogP contribution in [0.4, 0.5) is 14.5 Å². The van der Waals surface area contributed by atoms with E-state index in [-0.39, 0.29) is 52.7 Å². The van der Waals surface area contributed by atoms with Gasteiger partial charge in [0.1, 0.15) is 23.3 Å². The number of aryl methyl sites for hydroxylation is 1. The summed E-state index contributed by atoms with van der Waals surface area (Å²) >= 11 is 0. The van der Waals surface area contributed by atoms with Crippen LogP contribution in [0.1, 0.15) is 104 Å². The minimum atomic E-state index is -0.729. The minimum Gasteiger partial charge on any atom is -0.388 e. The summed E-state index contributed by atoms with van der Waals surface area (Å²) in [6.07, 6.45) is 9.76. The van der Waals surface area contributed by atoms with Crippen molar-refractivity contribution in [2.45, 2.75) is 89.5 Å². The van der Waals surface area contributed by atoms with Gasteiger partial charge in [-0.1, -0.05) is 12.1 Å². The first-order valence-electron chi connectivity index (χ1n) is 25.9. The van der Waals surface area contributed by atoms with E-state index in [1.807, 2.05) is 46.5 Å². The van der Waals surface area contributed by atoms with Crippen LogP contribution < -0.4 is 21.9 Å². The van der Waals surface area contributed by atoms with Crippen LogP contribution in [0.3, 0.4) is 0 Å². The summed E-state index contributed by atoms with van der Waals surface area (Å²) in [5.74, 6) is -2.14. The van der Waals surface area contributed by atoms with Crippen LogP contribution in [0.25, 0.3) is 33.3 Å². The lowest BCUT2D eigenvalue weighted by molar-refractivity contribution is -0.135. The van der Waals surface area contributed by atoms with Gasteiger partial charge in [0, 0.05) is 144 Å². The average molecular weight is 996 g/mol. The van der Waals surface area contributed by atoms with Crippen LogP contribution in [0.15, 0.2) is 82.7 Å². The number of carbonyl (C=O) groups excluding carboxylic acids is 3. The summed E-state index contributed by atoms with van der Waals surface area (Å²) in [5, 5.41) is 6.26. The van der Waals surface area contributed by atoms with Crippen LogP contribution in [-0.4, -0.2) is 126 Å². The zero-order chi connectivity index (χ0) is 50.8. The summed E-state index contributed by atoms with van der Waals surface area (Å²) in [6.45, 7) is 10.8. The highest BCUT2D eigenvalue weighted by Crippen LogP contribution is 2.38. The third-order valence-corrected chi connectivity index (χ3v) is 16.3. The van der Waals surface area contributed by atoms with Gasteiger partial charge >= 0.3 is 5.69 Å². The highest BCUT2D eigenvalue weighted by Gasteiger charge is 2.36. The maximum atomic E-state index is 15.9. The molecule has 1 aliphatic carbocycles. The number of rotatable bonds is 12. The molecule has 1 saturated carbocycles. The minimum absolute atomic E-state index is 0.0273. The molecule has 5 aliphatic rings. The molecule has 2 aromatic carbocycles. The molecule has 73 heavy (non-hydrogen) atoms. The molecule has 0 bridgehead atoms. The predicted molar refractivity (Wildman–Crippen MR) is 276 cm³/mol. The molecule has 4 aromatic heterocycles. The van der Waals surface area contributed by atoms with E-state index in [1.165, 1.54) is 12.1 Å². The van der Waals surface area contributed by atoms with Gasteiger partial charge in [-0.15, -0.1) is 0 Å². The predicted octanol–water partition coefficient (Wildman–Crippen LogP) is 6.38. The molecule has 2 N–H and O–H groups in total. The number of imidazole rings is 1. The molecule has 382 valence electrons. The summed E-state index contributed by atoms with van der Waals surface area (Å²) in [6, 6.07) is 15.5. The Balaban J connectivity index is 0.679. The number of aromatic nitrogens is 5. The number of nitrogens with one attached hydrogen (secondary N) is 2. The quantitative estimate of drug-likeness (QED) is 0.132. The van der Waals surface area contributed by atoms with E-state index >= 15 is 8.78 Å². The summed E-state index contributed by atoms with van der Waals surface area (Å²) < 4.78 is 39.0. The fourth-order valence-electron chi connectivity index (χ4n) is 12.0. The van der Waals surface area contributed by atoms with E-state index in [1.54, 1.807) is 39.5 Å². The highest BCUT2D eigenvalue weighted by molar-refractivity contribution is 6.00. The molecule has 11 rings (SSSR count). The number of fused-ring (bicyclic) bond motifs is 2. The Bertz CT molecular complexity index is 3300. The second-order valence-electron chi connectivity index (χ2n) is 20.9. The van der Waals surface area contributed by atoms with Crippen molar-refractivity contribution >= 4 is 51.0 Å². The first-order valence-corrected chi connectivity index (χ1v) is 25.9. The fourth-order valence-corrected chi connectivity index (χ4v) is 12.0. The molecule has 0 unspecified atom stereocenters. The third kappa shape index (κ3) is 9.22. The number of halogens is 2. The first kappa shape index (κ1) is 48.5. The Kier molecular flexibility index (Phi) is 13.0. The number of nitrogens with zero attached hydrogens (tertiary/aromatic N) is 9. The number of hydrogen-bond acceptors (Lipinski definition) is 10. The second-order valence-corrected chi connectivity index (χ2v) is 20.9. The molecule has 6 aromatic rings. The Morgan fingerprint density at radius 2 is 1.66 bits per heavy atom. The summed E-state index contributed by atoms with van der Waals surface area (Å²) in [5.41, 5.74) is 6.08. The van der Waals surface area contributed by atoms with Crippen molar-refractivity contribution in [2.24, 2.45) is 13.0 Å². The van der Waals surface area contributed by atoms with Crippen LogP contribution >= 0.6 is 0 Å². The van der Waals surface area contributed by atoms with E-state index in [4.69, 9.17) is 0 Å². The monoisotopic (exact) mass is 995 g/mol. The van der Waals surface area contributed by atoms with Crippen molar-refractivity contribution in [2.75, 3.05) is 64.7 Å². The molecule has 4 fully saturated rings. The van der Waals surface area contributed by atoms with Gasteiger partial charge < -0.3 is 14.8 Å². The zero-order valence-electron chi connectivity index (χ0n) is 42.0. The standard InChI is InChI=1S/C55H63F2N11O5/c1-33-30-62(31-36-5-8-45-48(25-36)67(40-6-7-40)55(73)68(45)46-9-10-49(69)60-53(46)71)23-24-65(33)32-35-12-18-64(19-13-35)54(72)38-26-42(56)51(43(57)27-38)37-14-20-63(21-15-37)34(2)47-29-41-44(11-17-59-52(41)61(47)4)66-22-16-39(58-3)28-50(66)70/h5,8,11,14,16-17,22,25-29,33-35,40,46,58H,6-7,9-10,12-13,15,18-21,23-24,30-32H2,1-4H3,(H,60,69,71)/t33-,34-,46+/m0/s1. The Morgan fingerprint density at radius 3 is 2.34 bits per heavy atom. The molecule has 3 saturated heterocycles. The Morgan fingerprint density at radius 1 is 0.877 bits per heavy atom. The lowest BCUT2D eigenvalue weighted by atomic mass is 9.93. The number of carbonyl (C=O) groups is 3. The summed E-state index contributed by atoms with van der Waals surface area (Å²) in [7, 11) is 3.73. The van der Waals surface area contributed by atoms with Crippen molar-refractivity contribution in [3.05, 3.63) is 128 Å². The molecule has 8 heterocycles. The number of hydrogen-bond donors (Lipinski definition) is 2. The molecule has 3 amide bonds. The molecule has 4 aliphatic heterocycles. The van der Waals surface area contributed by atoms with Gasteiger partial charge in [0.05, 0.1) is 16.7 Å². The van der Waals surface area contributed by atoms with Crippen molar-refractivity contribution in [1.29, 1.82) is 0 Å². The van der Waals surface area contributed by atoms with E-state index in [0.29, 0.717) is 56.6 Å². The van der Waals surface area contributed by atoms with Crippen LogP contribution in [0, 0.1) is 17.6 Å². The van der Waals surface area contributed by atoms with Gasteiger partial charge in [-0.25, -0.2) is 18.6 Å². The van der Waals surface area contributed by atoms with Gasteiger partial charge in [0.25, 0.3) is 11.5 Å². The number of piperazine rings is 1. The Labute approximate surface area is 421 Å². The number of pyridine rings is 2. The maximum Gasteiger partial charge on any atom is 0.330 e. The number of likely N-dealkylation sites (tertiary alicyclic amines) is 1. The molecule has 18 heteroatoms. The lowest BCUT2D eigenvalue weighted by Crippen LogP contribution is -2.53. The van der Waals surface area contributed by atoms with E-state index in [9.17, 15) is 24.0 Å². The number of amides is 3. The lowest BCUT2D eigenvalue weighted by Gasteiger charge is -2.42. The van der Waals surface area contributed by atoms with E-state index in [0.717, 1.165) is 103 Å². The Hall–Kier alpha value is -6.76. The number of anilines is 1. The molecular weight excluding hydrogens is 933 g/mol. The molecule has 0 radical (unpaired) electrons. The number of piperidine rings is 2. The topological polar surface area (TPSA) is 155 Å². The van der Waals surface area contributed by atoms with E-state index in [2.05, 4.69) is 56.3 Å². The molecule has 3 atom stereocenters. The largest absolute Gasteiger partial charge is 0.388 e. The van der Waals surface area contributed by atoms with Gasteiger partial charge in [0.15, 0.2) is 0 Å². The van der Waals surface area contributed by atoms with Crippen LogP contribution in [-0.2, 0) is 23.2 Å². The smallest absolute Gasteiger partial charge is 0.330 e. The van der Waals surface area contributed by atoms with Gasteiger partial charge in [-0.3, -0.25) is 52.9 Å². The highest BCUT2D eigenvalue weighted by atomic mass is 19.1.